The molecule has 0 bridgehead atoms. The number of carbonyl (C=O) groups is 3. The van der Waals surface area contributed by atoms with Crippen molar-refractivity contribution in [2.24, 2.45) is 17.8 Å². The van der Waals surface area contributed by atoms with Crippen LogP contribution in [0.4, 0.5) is 0 Å². The lowest BCUT2D eigenvalue weighted by atomic mass is 10.00. The summed E-state index contributed by atoms with van der Waals surface area (Å²) in [6.07, 6.45) is 3.35. The number of likely N-dealkylation sites (tertiary alicyclic amines) is 1. The molecule has 3 unspecified atom stereocenters. The SMILES string of the molecule is CCCCC(C(=O)O)N1C(=O)C2CC(C)CC2C1=O. The zero-order chi connectivity index (χ0) is 14.2. The summed E-state index contributed by atoms with van der Waals surface area (Å²) in [5.74, 6) is -1.75. The highest BCUT2D eigenvalue weighted by Gasteiger charge is 2.54. The highest BCUT2D eigenvalue weighted by molar-refractivity contribution is 6.08. The largest absolute Gasteiger partial charge is 0.480 e. The van der Waals surface area contributed by atoms with E-state index in [1.54, 1.807) is 0 Å². The van der Waals surface area contributed by atoms with E-state index in [2.05, 4.69) is 0 Å². The van der Waals surface area contributed by atoms with E-state index < -0.39 is 12.0 Å². The van der Waals surface area contributed by atoms with Crippen LogP contribution >= 0.6 is 0 Å². The number of amides is 2. The molecule has 106 valence electrons. The number of carboxylic acids is 1. The van der Waals surface area contributed by atoms with Gasteiger partial charge in [-0.05, 0) is 25.2 Å². The topological polar surface area (TPSA) is 74.7 Å². The van der Waals surface area contributed by atoms with Crippen LogP contribution in [-0.2, 0) is 14.4 Å². The minimum absolute atomic E-state index is 0.261. The van der Waals surface area contributed by atoms with Crippen LogP contribution in [0.2, 0.25) is 0 Å². The molecule has 0 spiro atoms. The lowest BCUT2D eigenvalue weighted by Crippen LogP contribution is -2.46. The smallest absolute Gasteiger partial charge is 0.326 e. The summed E-state index contributed by atoms with van der Waals surface area (Å²) < 4.78 is 0. The van der Waals surface area contributed by atoms with E-state index in [4.69, 9.17) is 0 Å². The van der Waals surface area contributed by atoms with Crippen LogP contribution < -0.4 is 0 Å². The molecule has 2 fully saturated rings. The van der Waals surface area contributed by atoms with E-state index in [9.17, 15) is 19.5 Å². The Hall–Kier alpha value is -1.39. The van der Waals surface area contributed by atoms with Crippen molar-refractivity contribution in [2.45, 2.75) is 52.0 Å². The molecule has 5 heteroatoms. The summed E-state index contributed by atoms with van der Waals surface area (Å²) in [5, 5.41) is 9.26. The lowest BCUT2D eigenvalue weighted by Gasteiger charge is -2.24. The summed E-state index contributed by atoms with van der Waals surface area (Å²) >= 11 is 0. The second-order valence-electron chi connectivity index (χ2n) is 5.83. The van der Waals surface area contributed by atoms with Gasteiger partial charge in [0, 0.05) is 0 Å². The fourth-order valence-electron chi connectivity index (χ4n) is 3.37. The van der Waals surface area contributed by atoms with Crippen LogP contribution in [0, 0.1) is 17.8 Å². The highest BCUT2D eigenvalue weighted by Crippen LogP contribution is 2.43. The summed E-state index contributed by atoms with van der Waals surface area (Å²) in [5.41, 5.74) is 0. The number of carboxylic acid groups (broad SMARTS) is 1. The maximum Gasteiger partial charge on any atom is 0.326 e. The number of nitrogens with zero attached hydrogens (tertiary/aromatic N) is 1. The third-order valence-electron chi connectivity index (χ3n) is 4.34. The molecule has 1 saturated heterocycles. The van der Waals surface area contributed by atoms with Gasteiger partial charge in [-0.3, -0.25) is 14.5 Å². The van der Waals surface area contributed by atoms with E-state index in [1.807, 2.05) is 13.8 Å². The third kappa shape index (κ3) is 2.38. The van der Waals surface area contributed by atoms with Gasteiger partial charge in [-0.2, -0.15) is 0 Å². The maximum atomic E-state index is 12.3. The molecule has 1 heterocycles. The van der Waals surface area contributed by atoms with Gasteiger partial charge < -0.3 is 5.11 Å². The molecule has 0 radical (unpaired) electrons. The first-order chi connectivity index (χ1) is 8.97. The number of aliphatic carboxylic acids is 1. The van der Waals surface area contributed by atoms with Crippen molar-refractivity contribution in [2.75, 3.05) is 0 Å². The minimum atomic E-state index is -1.07. The molecule has 1 aliphatic heterocycles. The van der Waals surface area contributed by atoms with Gasteiger partial charge in [-0.1, -0.05) is 26.7 Å². The van der Waals surface area contributed by atoms with E-state index in [0.717, 1.165) is 11.3 Å². The number of imide groups is 1. The number of hydrogen-bond donors (Lipinski definition) is 1. The zero-order valence-corrected chi connectivity index (χ0v) is 11.5. The molecule has 1 saturated carbocycles. The lowest BCUT2D eigenvalue weighted by molar-refractivity contribution is -0.155. The summed E-state index contributed by atoms with van der Waals surface area (Å²) in [4.78, 5) is 36.9. The molecule has 1 aliphatic carbocycles. The van der Waals surface area contributed by atoms with Gasteiger partial charge in [0.1, 0.15) is 6.04 Å². The molecule has 3 atom stereocenters. The Morgan fingerprint density at radius 1 is 1.32 bits per heavy atom. The van der Waals surface area contributed by atoms with Gasteiger partial charge in [-0.15, -0.1) is 0 Å². The van der Waals surface area contributed by atoms with Crippen LogP contribution in [0.15, 0.2) is 0 Å². The molecule has 2 rings (SSSR count). The molecule has 2 amide bonds. The third-order valence-corrected chi connectivity index (χ3v) is 4.34. The van der Waals surface area contributed by atoms with Crippen LogP contribution in [0.1, 0.15) is 46.0 Å². The van der Waals surface area contributed by atoms with E-state index in [0.29, 0.717) is 31.6 Å². The molecule has 2 aliphatic rings. The quantitative estimate of drug-likeness (QED) is 0.769. The van der Waals surface area contributed by atoms with Crippen molar-refractivity contribution in [3.8, 4) is 0 Å². The number of carbonyl (C=O) groups excluding carboxylic acids is 2. The Morgan fingerprint density at radius 2 is 1.84 bits per heavy atom. The predicted molar refractivity (Wildman–Crippen MR) is 68.2 cm³/mol. The molecule has 0 aromatic heterocycles. The van der Waals surface area contributed by atoms with Gasteiger partial charge in [0.15, 0.2) is 0 Å². The molecule has 19 heavy (non-hydrogen) atoms. The highest BCUT2D eigenvalue weighted by atomic mass is 16.4. The van der Waals surface area contributed by atoms with Crippen molar-refractivity contribution in [3.63, 3.8) is 0 Å². The molecular weight excluding hydrogens is 246 g/mol. The Labute approximate surface area is 113 Å². The van der Waals surface area contributed by atoms with Gasteiger partial charge in [0.05, 0.1) is 11.8 Å². The maximum absolute atomic E-state index is 12.3. The summed E-state index contributed by atoms with van der Waals surface area (Å²) in [7, 11) is 0. The van der Waals surface area contributed by atoms with Crippen molar-refractivity contribution in [3.05, 3.63) is 0 Å². The van der Waals surface area contributed by atoms with E-state index in [1.165, 1.54) is 0 Å². The number of hydrogen-bond acceptors (Lipinski definition) is 3. The van der Waals surface area contributed by atoms with Gasteiger partial charge >= 0.3 is 5.97 Å². The van der Waals surface area contributed by atoms with Gasteiger partial charge in [0.25, 0.3) is 0 Å². The van der Waals surface area contributed by atoms with Crippen molar-refractivity contribution in [1.82, 2.24) is 4.90 Å². The Kier molecular flexibility index (Phi) is 3.92. The van der Waals surface area contributed by atoms with Gasteiger partial charge in [-0.25, -0.2) is 4.79 Å². The zero-order valence-electron chi connectivity index (χ0n) is 11.5. The number of fused-ring (bicyclic) bond motifs is 1. The van der Waals surface area contributed by atoms with Crippen molar-refractivity contribution < 1.29 is 19.5 Å². The fourth-order valence-corrected chi connectivity index (χ4v) is 3.37. The normalized spacial score (nSPS) is 31.7. The first-order valence-electron chi connectivity index (χ1n) is 7.07. The first kappa shape index (κ1) is 14.0. The standard InChI is InChI=1S/C14H21NO4/c1-3-4-5-11(14(18)19)15-12(16)9-6-8(2)7-10(9)13(15)17/h8-11H,3-7H2,1-2H3,(H,18,19). The molecule has 5 nitrogen and oxygen atoms in total. The number of unbranched alkanes of at least 4 members (excludes halogenated alkanes) is 1. The van der Waals surface area contributed by atoms with Crippen LogP contribution in [0.25, 0.3) is 0 Å². The Bertz CT molecular complexity index is 382. The summed E-state index contributed by atoms with van der Waals surface area (Å²) in [6.45, 7) is 4.00. The van der Waals surface area contributed by atoms with E-state index >= 15 is 0 Å². The average Bonchev–Trinajstić information content (AvgIpc) is 2.82. The molecular formula is C14H21NO4. The number of rotatable bonds is 5. The van der Waals surface area contributed by atoms with Crippen LogP contribution in [0.3, 0.4) is 0 Å². The predicted octanol–water partition coefficient (Wildman–Crippen LogP) is 1.66. The van der Waals surface area contributed by atoms with Crippen molar-refractivity contribution >= 4 is 17.8 Å². The Morgan fingerprint density at radius 3 is 2.26 bits per heavy atom. The van der Waals surface area contributed by atoms with Gasteiger partial charge in [0.2, 0.25) is 11.8 Å². The second kappa shape index (κ2) is 5.31. The summed E-state index contributed by atoms with van der Waals surface area (Å²) in [6, 6.07) is -0.971. The van der Waals surface area contributed by atoms with Crippen LogP contribution in [0.5, 0.6) is 0 Å². The second-order valence-corrected chi connectivity index (χ2v) is 5.83. The van der Waals surface area contributed by atoms with E-state index in [-0.39, 0.29) is 23.7 Å². The average molecular weight is 267 g/mol. The molecule has 0 aromatic rings. The van der Waals surface area contributed by atoms with Crippen molar-refractivity contribution in [1.29, 1.82) is 0 Å². The fraction of sp³-hybridized carbons (Fsp3) is 0.786. The molecule has 0 aromatic carbocycles. The molecule has 1 N–H and O–H groups in total. The monoisotopic (exact) mass is 267 g/mol. The van der Waals surface area contributed by atoms with Crippen LogP contribution in [-0.4, -0.2) is 33.8 Å². The first-order valence-corrected chi connectivity index (χ1v) is 7.07. The minimum Gasteiger partial charge on any atom is -0.480 e. The Balaban J connectivity index is 2.18.